The summed E-state index contributed by atoms with van der Waals surface area (Å²) in [4.78, 5) is 11.1. The zero-order valence-electron chi connectivity index (χ0n) is 14.5. The third-order valence-electron chi connectivity index (χ3n) is 4.96. The highest BCUT2D eigenvalue weighted by Gasteiger charge is 2.44. The quantitative estimate of drug-likeness (QED) is 0.614. The van der Waals surface area contributed by atoms with Crippen molar-refractivity contribution in [2.75, 3.05) is 0 Å². The molecule has 0 aromatic heterocycles. The molecule has 1 aliphatic rings. The van der Waals surface area contributed by atoms with E-state index in [9.17, 15) is 10.0 Å². The van der Waals surface area contributed by atoms with Crippen molar-refractivity contribution in [1.82, 2.24) is 5.06 Å². The number of hydrogen-bond acceptors (Lipinski definition) is 3. The fourth-order valence-electron chi connectivity index (χ4n) is 3.30. The number of nitrogens with zero attached hydrogens (tertiary/aromatic N) is 1. The van der Waals surface area contributed by atoms with Crippen LogP contribution in [0.15, 0.2) is 54.6 Å². The zero-order valence-corrected chi connectivity index (χ0v) is 14.5. The SMILES string of the molecule is CC(Oc1ccc([C@@H]2C[C@H]2C(C)N(O)C(N)=O)cc1)c1ccccc1. The Kier molecular flexibility index (Phi) is 4.95. The van der Waals surface area contributed by atoms with Gasteiger partial charge in [0.25, 0.3) is 0 Å². The van der Waals surface area contributed by atoms with Gasteiger partial charge in [-0.1, -0.05) is 42.5 Å². The summed E-state index contributed by atoms with van der Waals surface area (Å²) in [6, 6.07) is 17.1. The molecule has 1 saturated carbocycles. The number of hydroxylamine groups is 2. The number of urea groups is 1. The van der Waals surface area contributed by atoms with Crippen LogP contribution in [0.5, 0.6) is 5.75 Å². The molecule has 5 heteroatoms. The van der Waals surface area contributed by atoms with Crippen molar-refractivity contribution < 1.29 is 14.7 Å². The zero-order chi connectivity index (χ0) is 18.0. The van der Waals surface area contributed by atoms with Crippen molar-refractivity contribution in [1.29, 1.82) is 0 Å². The molecule has 5 nitrogen and oxygen atoms in total. The Balaban J connectivity index is 1.59. The minimum Gasteiger partial charge on any atom is -0.486 e. The highest BCUT2D eigenvalue weighted by molar-refractivity contribution is 5.71. The number of amides is 2. The molecule has 0 radical (unpaired) electrons. The summed E-state index contributed by atoms with van der Waals surface area (Å²) < 4.78 is 5.99. The van der Waals surface area contributed by atoms with Crippen LogP contribution < -0.4 is 10.5 Å². The molecule has 2 aromatic rings. The van der Waals surface area contributed by atoms with Crippen LogP contribution in [0.3, 0.4) is 0 Å². The van der Waals surface area contributed by atoms with Gasteiger partial charge in [-0.15, -0.1) is 0 Å². The van der Waals surface area contributed by atoms with Crippen molar-refractivity contribution >= 4 is 6.03 Å². The number of benzene rings is 2. The first-order chi connectivity index (χ1) is 12.0. The summed E-state index contributed by atoms with van der Waals surface area (Å²) in [5.74, 6) is 1.39. The lowest BCUT2D eigenvalue weighted by atomic mass is 10.1. The average Bonchev–Trinajstić information content (AvgIpc) is 3.42. The fraction of sp³-hybridized carbons (Fsp3) is 0.350. The van der Waals surface area contributed by atoms with E-state index in [4.69, 9.17) is 10.5 Å². The summed E-state index contributed by atoms with van der Waals surface area (Å²) in [5.41, 5.74) is 7.45. The third-order valence-corrected chi connectivity index (χ3v) is 4.96. The number of hydrogen-bond donors (Lipinski definition) is 2. The molecule has 2 aromatic carbocycles. The Bertz CT molecular complexity index is 717. The maximum absolute atomic E-state index is 11.1. The van der Waals surface area contributed by atoms with Crippen LogP contribution in [0.4, 0.5) is 4.79 Å². The van der Waals surface area contributed by atoms with Gasteiger partial charge in [0.15, 0.2) is 0 Å². The Morgan fingerprint density at radius 3 is 2.40 bits per heavy atom. The van der Waals surface area contributed by atoms with Gasteiger partial charge in [0.05, 0.1) is 6.04 Å². The lowest BCUT2D eigenvalue weighted by molar-refractivity contribution is -0.0760. The number of rotatable bonds is 6. The summed E-state index contributed by atoms with van der Waals surface area (Å²) >= 11 is 0. The van der Waals surface area contributed by atoms with Crippen molar-refractivity contribution in [3.63, 3.8) is 0 Å². The van der Waals surface area contributed by atoms with E-state index in [-0.39, 0.29) is 18.1 Å². The summed E-state index contributed by atoms with van der Waals surface area (Å²) in [6.07, 6.45) is 0.922. The van der Waals surface area contributed by atoms with E-state index in [0.717, 1.165) is 17.7 Å². The molecule has 2 unspecified atom stereocenters. The predicted molar refractivity (Wildman–Crippen MR) is 95.4 cm³/mol. The molecule has 0 saturated heterocycles. The van der Waals surface area contributed by atoms with E-state index in [2.05, 4.69) is 24.3 Å². The Morgan fingerprint density at radius 2 is 1.80 bits per heavy atom. The van der Waals surface area contributed by atoms with Gasteiger partial charge in [0, 0.05) is 0 Å². The predicted octanol–water partition coefficient (Wildman–Crippen LogP) is 4.09. The van der Waals surface area contributed by atoms with Crippen molar-refractivity contribution in [3.05, 3.63) is 65.7 Å². The molecule has 4 atom stereocenters. The number of carbonyl (C=O) groups is 1. The van der Waals surface area contributed by atoms with E-state index >= 15 is 0 Å². The van der Waals surface area contributed by atoms with Gasteiger partial charge in [0.2, 0.25) is 0 Å². The Morgan fingerprint density at radius 1 is 1.16 bits per heavy atom. The first-order valence-corrected chi connectivity index (χ1v) is 8.56. The van der Waals surface area contributed by atoms with Crippen LogP contribution in [0.25, 0.3) is 0 Å². The molecule has 0 spiro atoms. The molecule has 0 heterocycles. The van der Waals surface area contributed by atoms with Crippen LogP contribution in [0, 0.1) is 5.92 Å². The molecular formula is C20H24N2O3. The monoisotopic (exact) mass is 340 g/mol. The lowest BCUT2D eigenvalue weighted by Gasteiger charge is -2.20. The van der Waals surface area contributed by atoms with Crippen LogP contribution in [-0.2, 0) is 0 Å². The van der Waals surface area contributed by atoms with Gasteiger partial charge < -0.3 is 10.5 Å². The van der Waals surface area contributed by atoms with Crippen LogP contribution >= 0.6 is 0 Å². The highest BCUT2D eigenvalue weighted by atomic mass is 16.5. The number of primary amides is 1. The van der Waals surface area contributed by atoms with Gasteiger partial charge in [-0.3, -0.25) is 5.21 Å². The van der Waals surface area contributed by atoms with Crippen molar-refractivity contribution in [2.45, 2.75) is 38.3 Å². The molecule has 132 valence electrons. The largest absolute Gasteiger partial charge is 0.486 e. The smallest absolute Gasteiger partial charge is 0.338 e. The standard InChI is InChI=1S/C20H24N2O3/c1-13(22(24)20(21)23)18-12-19(18)16-8-10-17(11-9-16)25-14(2)15-6-4-3-5-7-15/h3-11,13-14,18-19,24H,12H2,1-2H3,(H2,21,23)/t13?,14?,18-,19-/m0/s1. The number of carbonyl (C=O) groups excluding carboxylic acids is 1. The third kappa shape index (κ3) is 3.94. The summed E-state index contributed by atoms with van der Waals surface area (Å²) in [7, 11) is 0. The minimum absolute atomic E-state index is 0.0146. The van der Waals surface area contributed by atoms with Crippen molar-refractivity contribution in [2.24, 2.45) is 11.7 Å². The maximum atomic E-state index is 11.1. The van der Waals surface area contributed by atoms with Gasteiger partial charge in [0.1, 0.15) is 11.9 Å². The molecule has 25 heavy (non-hydrogen) atoms. The van der Waals surface area contributed by atoms with Crippen molar-refractivity contribution in [3.8, 4) is 5.75 Å². The van der Waals surface area contributed by atoms with Gasteiger partial charge >= 0.3 is 6.03 Å². The molecular weight excluding hydrogens is 316 g/mol. The van der Waals surface area contributed by atoms with Gasteiger partial charge in [-0.25, -0.2) is 9.86 Å². The summed E-state index contributed by atoms with van der Waals surface area (Å²) in [5, 5.41) is 10.3. The first kappa shape index (κ1) is 17.3. The first-order valence-electron chi connectivity index (χ1n) is 8.56. The second kappa shape index (κ2) is 7.15. The van der Waals surface area contributed by atoms with E-state index in [1.165, 1.54) is 5.56 Å². The van der Waals surface area contributed by atoms with E-state index in [1.807, 2.05) is 44.2 Å². The molecule has 0 aliphatic heterocycles. The minimum atomic E-state index is -0.809. The normalized spacial score (nSPS) is 21.2. The topological polar surface area (TPSA) is 75.8 Å². The Hall–Kier alpha value is -2.53. The number of nitrogens with two attached hydrogens (primary N) is 1. The lowest BCUT2D eigenvalue weighted by Crippen LogP contribution is -2.40. The fourth-order valence-corrected chi connectivity index (χ4v) is 3.30. The Labute approximate surface area is 148 Å². The van der Waals surface area contributed by atoms with Crippen LogP contribution in [0.2, 0.25) is 0 Å². The van der Waals surface area contributed by atoms with E-state index in [1.54, 1.807) is 0 Å². The highest BCUT2D eigenvalue weighted by Crippen LogP contribution is 2.50. The second-order valence-corrected chi connectivity index (χ2v) is 6.67. The second-order valence-electron chi connectivity index (χ2n) is 6.67. The van der Waals surface area contributed by atoms with Gasteiger partial charge in [-0.2, -0.15) is 0 Å². The number of ether oxygens (including phenoxy) is 1. The molecule has 2 amide bonds. The van der Waals surface area contributed by atoms with Crippen LogP contribution in [-0.4, -0.2) is 22.3 Å². The maximum Gasteiger partial charge on any atom is 0.338 e. The summed E-state index contributed by atoms with van der Waals surface area (Å²) in [6.45, 7) is 3.84. The molecule has 0 bridgehead atoms. The average molecular weight is 340 g/mol. The molecule has 3 N–H and O–H groups in total. The molecule has 1 fully saturated rings. The van der Waals surface area contributed by atoms with Crippen LogP contribution in [0.1, 0.15) is 43.4 Å². The molecule has 3 rings (SSSR count). The van der Waals surface area contributed by atoms with E-state index in [0.29, 0.717) is 11.0 Å². The van der Waals surface area contributed by atoms with Gasteiger partial charge in [-0.05, 0) is 55.4 Å². The molecule has 1 aliphatic carbocycles. The van der Waals surface area contributed by atoms with E-state index < -0.39 is 6.03 Å².